The zero-order valence-corrected chi connectivity index (χ0v) is 9.96. The van der Waals surface area contributed by atoms with Crippen LogP contribution in [0.25, 0.3) is 0 Å². The van der Waals surface area contributed by atoms with Crippen LogP contribution < -0.4 is 10.6 Å². The van der Waals surface area contributed by atoms with Gasteiger partial charge in [-0.1, -0.05) is 0 Å². The normalized spacial score (nSPS) is 27.0. The van der Waals surface area contributed by atoms with E-state index in [4.69, 9.17) is 10.5 Å². The Morgan fingerprint density at radius 3 is 3.07 bits per heavy atom. The van der Waals surface area contributed by atoms with E-state index in [0.29, 0.717) is 6.54 Å². The molecule has 1 aliphatic heterocycles. The highest BCUT2D eigenvalue weighted by Gasteiger charge is 2.25. The Balaban J connectivity index is 2.08. The van der Waals surface area contributed by atoms with E-state index in [2.05, 4.69) is 22.2 Å². The Morgan fingerprint density at radius 1 is 1.67 bits per heavy atom. The van der Waals surface area contributed by atoms with Crippen molar-refractivity contribution in [1.82, 2.24) is 4.98 Å². The van der Waals surface area contributed by atoms with Crippen LogP contribution >= 0.6 is 11.3 Å². The topological polar surface area (TPSA) is 51.4 Å². The van der Waals surface area contributed by atoms with E-state index < -0.39 is 0 Å². The van der Waals surface area contributed by atoms with Crippen molar-refractivity contribution in [2.75, 3.05) is 24.5 Å². The van der Waals surface area contributed by atoms with Gasteiger partial charge in [-0.3, -0.25) is 0 Å². The number of hydrogen-bond donors (Lipinski definition) is 1. The molecule has 1 aromatic heterocycles. The lowest BCUT2D eigenvalue weighted by Gasteiger charge is -2.36. The van der Waals surface area contributed by atoms with Gasteiger partial charge in [0, 0.05) is 25.0 Å². The number of thiazole rings is 1. The number of nitrogens with zero attached hydrogens (tertiary/aromatic N) is 2. The van der Waals surface area contributed by atoms with E-state index in [1.165, 1.54) is 0 Å². The molecule has 0 saturated carbocycles. The van der Waals surface area contributed by atoms with E-state index >= 15 is 0 Å². The molecule has 0 spiro atoms. The van der Waals surface area contributed by atoms with Crippen molar-refractivity contribution in [2.24, 2.45) is 5.73 Å². The quantitative estimate of drug-likeness (QED) is 0.819. The van der Waals surface area contributed by atoms with Crippen molar-refractivity contribution >= 4 is 16.5 Å². The predicted octanol–water partition coefficient (Wildman–Crippen LogP) is 1.00. The zero-order chi connectivity index (χ0) is 10.8. The molecule has 1 aromatic rings. The molecular formula is C10H17N3OS. The molecule has 1 aliphatic rings. The number of aromatic nitrogens is 1. The Kier molecular flexibility index (Phi) is 3.23. The van der Waals surface area contributed by atoms with Crippen LogP contribution in [0.2, 0.25) is 0 Å². The number of hydrogen-bond acceptors (Lipinski definition) is 5. The summed E-state index contributed by atoms with van der Waals surface area (Å²) in [5.41, 5.74) is 6.72. The Morgan fingerprint density at radius 2 is 2.47 bits per heavy atom. The summed E-state index contributed by atoms with van der Waals surface area (Å²) < 4.78 is 5.70. The second-order valence-corrected chi connectivity index (χ2v) is 4.82. The predicted molar refractivity (Wildman–Crippen MR) is 62.5 cm³/mol. The summed E-state index contributed by atoms with van der Waals surface area (Å²) in [7, 11) is 0. The van der Waals surface area contributed by atoms with Crippen LogP contribution in [-0.2, 0) is 4.74 Å². The average Bonchev–Trinajstić information content (AvgIpc) is 2.64. The molecular weight excluding hydrogens is 210 g/mol. The first-order valence-corrected chi connectivity index (χ1v) is 6.09. The lowest BCUT2D eigenvalue weighted by atomic mass is 10.2. The minimum atomic E-state index is 0.137. The fourth-order valence-corrected chi connectivity index (χ4v) is 2.64. The van der Waals surface area contributed by atoms with Gasteiger partial charge >= 0.3 is 0 Å². The van der Waals surface area contributed by atoms with Crippen LogP contribution in [0.5, 0.6) is 0 Å². The van der Waals surface area contributed by atoms with Crippen molar-refractivity contribution in [1.29, 1.82) is 0 Å². The van der Waals surface area contributed by atoms with E-state index in [-0.39, 0.29) is 12.2 Å². The molecule has 2 atom stereocenters. The third-order valence-electron chi connectivity index (χ3n) is 2.47. The molecule has 0 bridgehead atoms. The van der Waals surface area contributed by atoms with Gasteiger partial charge in [0.25, 0.3) is 0 Å². The number of nitrogens with two attached hydrogens (primary N) is 1. The van der Waals surface area contributed by atoms with Gasteiger partial charge in [0.15, 0.2) is 5.13 Å². The molecule has 4 nitrogen and oxygen atoms in total. The summed E-state index contributed by atoms with van der Waals surface area (Å²) in [5.74, 6) is 0. The van der Waals surface area contributed by atoms with E-state index in [1.807, 2.05) is 6.92 Å². The number of anilines is 1. The minimum absolute atomic E-state index is 0.137. The lowest BCUT2D eigenvalue weighted by Crippen LogP contribution is -2.49. The highest BCUT2D eigenvalue weighted by Crippen LogP contribution is 2.23. The molecule has 0 aliphatic carbocycles. The molecule has 5 heteroatoms. The maximum absolute atomic E-state index is 5.70. The van der Waals surface area contributed by atoms with Gasteiger partial charge in [-0.05, 0) is 13.8 Å². The first-order valence-electron chi connectivity index (χ1n) is 5.21. The zero-order valence-electron chi connectivity index (χ0n) is 9.14. The summed E-state index contributed by atoms with van der Waals surface area (Å²) in [6, 6.07) is 0. The summed E-state index contributed by atoms with van der Waals surface area (Å²) in [6.45, 7) is 6.43. The number of ether oxygens (including phenoxy) is 1. The van der Waals surface area contributed by atoms with Crippen LogP contribution in [-0.4, -0.2) is 36.8 Å². The second kappa shape index (κ2) is 4.47. The van der Waals surface area contributed by atoms with Gasteiger partial charge in [0.1, 0.15) is 0 Å². The van der Waals surface area contributed by atoms with Crippen molar-refractivity contribution in [3.05, 3.63) is 11.1 Å². The molecule has 0 radical (unpaired) electrons. The van der Waals surface area contributed by atoms with Crippen molar-refractivity contribution in [2.45, 2.75) is 26.1 Å². The molecule has 0 aromatic carbocycles. The number of rotatable bonds is 2. The van der Waals surface area contributed by atoms with Gasteiger partial charge in [-0.2, -0.15) is 0 Å². The first-order chi connectivity index (χ1) is 7.19. The number of morpholine rings is 1. The summed E-state index contributed by atoms with van der Waals surface area (Å²) >= 11 is 1.69. The second-order valence-electron chi connectivity index (χ2n) is 3.98. The SMILES string of the molecule is Cc1csc(N2CC(C)OC(CN)C2)n1. The molecule has 1 fully saturated rings. The van der Waals surface area contributed by atoms with Crippen LogP contribution in [0.4, 0.5) is 5.13 Å². The third-order valence-corrected chi connectivity index (χ3v) is 3.49. The maximum Gasteiger partial charge on any atom is 0.185 e. The van der Waals surface area contributed by atoms with Crippen molar-refractivity contribution in [3.63, 3.8) is 0 Å². The minimum Gasteiger partial charge on any atom is -0.370 e. The molecule has 2 unspecified atom stereocenters. The van der Waals surface area contributed by atoms with Crippen LogP contribution in [0.3, 0.4) is 0 Å². The largest absolute Gasteiger partial charge is 0.370 e. The van der Waals surface area contributed by atoms with Gasteiger partial charge in [0.05, 0.1) is 17.9 Å². The molecule has 2 heterocycles. The van der Waals surface area contributed by atoms with Gasteiger partial charge < -0.3 is 15.4 Å². The van der Waals surface area contributed by atoms with Crippen LogP contribution in [0.1, 0.15) is 12.6 Å². The molecule has 2 rings (SSSR count). The number of aryl methyl sites for hydroxylation is 1. The fourth-order valence-electron chi connectivity index (χ4n) is 1.82. The van der Waals surface area contributed by atoms with Crippen LogP contribution in [0, 0.1) is 6.92 Å². The van der Waals surface area contributed by atoms with E-state index in [9.17, 15) is 0 Å². The monoisotopic (exact) mass is 227 g/mol. The molecule has 2 N–H and O–H groups in total. The first kappa shape index (κ1) is 10.9. The highest BCUT2D eigenvalue weighted by molar-refractivity contribution is 7.13. The molecule has 0 amide bonds. The maximum atomic E-state index is 5.70. The fraction of sp³-hybridized carbons (Fsp3) is 0.700. The summed E-state index contributed by atoms with van der Waals surface area (Å²) in [4.78, 5) is 6.75. The van der Waals surface area contributed by atoms with Gasteiger partial charge in [-0.15, -0.1) is 11.3 Å². The smallest absolute Gasteiger partial charge is 0.185 e. The van der Waals surface area contributed by atoms with Crippen molar-refractivity contribution < 1.29 is 4.74 Å². The Bertz CT molecular complexity index is 328. The summed E-state index contributed by atoms with van der Waals surface area (Å²) in [6.07, 6.45) is 0.370. The molecule has 84 valence electrons. The van der Waals surface area contributed by atoms with Crippen molar-refractivity contribution in [3.8, 4) is 0 Å². The highest BCUT2D eigenvalue weighted by atomic mass is 32.1. The standard InChI is InChI=1S/C10H17N3OS/c1-7-6-15-10(12-7)13-4-8(2)14-9(3-11)5-13/h6,8-9H,3-5,11H2,1-2H3. The molecule has 1 saturated heterocycles. The lowest BCUT2D eigenvalue weighted by molar-refractivity contribution is -0.0104. The summed E-state index contributed by atoms with van der Waals surface area (Å²) in [5, 5.41) is 3.16. The van der Waals surface area contributed by atoms with Gasteiger partial charge in [-0.25, -0.2) is 4.98 Å². The van der Waals surface area contributed by atoms with E-state index in [1.54, 1.807) is 11.3 Å². The van der Waals surface area contributed by atoms with E-state index in [0.717, 1.165) is 23.9 Å². The Hall–Kier alpha value is -0.650. The average molecular weight is 227 g/mol. The molecule has 15 heavy (non-hydrogen) atoms. The Labute approximate surface area is 94.1 Å². The van der Waals surface area contributed by atoms with Crippen LogP contribution in [0.15, 0.2) is 5.38 Å². The van der Waals surface area contributed by atoms with Gasteiger partial charge in [0.2, 0.25) is 0 Å². The third kappa shape index (κ3) is 2.48.